The van der Waals surface area contributed by atoms with Crippen molar-refractivity contribution in [3.8, 4) is 0 Å². The molecule has 26 heavy (non-hydrogen) atoms. The van der Waals surface area contributed by atoms with Gasteiger partial charge < -0.3 is 9.30 Å². The van der Waals surface area contributed by atoms with Crippen LogP contribution in [0.25, 0.3) is 16.7 Å². The van der Waals surface area contributed by atoms with Crippen molar-refractivity contribution in [2.75, 3.05) is 6.61 Å². The van der Waals surface area contributed by atoms with Gasteiger partial charge in [0, 0.05) is 12.2 Å². The third-order valence-electron chi connectivity index (χ3n) is 4.60. The molecule has 0 aliphatic carbocycles. The Morgan fingerprint density at radius 2 is 2.08 bits per heavy atom. The van der Waals surface area contributed by atoms with Gasteiger partial charge in [-0.25, -0.2) is 9.78 Å². The monoisotopic (exact) mass is 354 g/mol. The molecule has 136 valence electrons. The number of fused-ring (bicyclic) bond motifs is 2. The van der Waals surface area contributed by atoms with Gasteiger partial charge in [0.05, 0.1) is 12.0 Å². The Bertz CT molecular complexity index is 1130. The fourth-order valence-electron chi connectivity index (χ4n) is 3.03. The highest BCUT2D eigenvalue weighted by Crippen LogP contribution is 2.18. The highest BCUT2D eigenvalue weighted by molar-refractivity contribution is 5.93. The lowest BCUT2D eigenvalue weighted by Gasteiger charge is -2.19. The van der Waals surface area contributed by atoms with E-state index in [1.54, 1.807) is 23.8 Å². The molecule has 1 N–H and O–H groups in total. The van der Waals surface area contributed by atoms with Crippen LogP contribution in [0.15, 0.2) is 29.2 Å². The van der Waals surface area contributed by atoms with Gasteiger partial charge in [-0.05, 0) is 44.9 Å². The number of ether oxygens (including phenoxy) is 1. The van der Waals surface area contributed by atoms with Crippen LogP contribution in [0.5, 0.6) is 0 Å². The summed E-state index contributed by atoms with van der Waals surface area (Å²) in [6, 6.07) is 5.00. The van der Waals surface area contributed by atoms with Crippen LogP contribution in [0.1, 0.15) is 49.2 Å². The van der Waals surface area contributed by atoms with Crippen LogP contribution in [0.3, 0.4) is 0 Å². The average molecular weight is 354 g/mol. The van der Waals surface area contributed by atoms with Crippen molar-refractivity contribution < 1.29 is 9.53 Å². The van der Waals surface area contributed by atoms with Gasteiger partial charge >= 0.3 is 5.97 Å². The molecule has 0 bridgehead atoms. The molecular formula is C19H22N4O3. The van der Waals surface area contributed by atoms with Crippen molar-refractivity contribution in [1.82, 2.24) is 14.0 Å². The van der Waals surface area contributed by atoms with Gasteiger partial charge in [0.15, 0.2) is 0 Å². The molecule has 0 spiro atoms. The number of carbonyl (C=O) groups is 1. The van der Waals surface area contributed by atoms with Gasteiger partial charge in [-0.15, -0.1) is 0 Å². The third kappa shape index (κ3) is 2.69. The lowest BCUT2D eigenvalue weighted by atomic mass is 10.1. The molecule has 0 saturated heterocycles. The molecular weight excluding hydrogens is 332 g/mol. The van der Waals surface area contributed by atoms with Gasteiger partial charge in [-0.2, -0.15) is 0 Å². The van der Waals surface area contributed by atoms with Crippen molar-refractivity contribution in [3.05, 3.63) is 51.4 Å². The summed E-state index contributed by atoms with van der Waals surface area (Å²) in [4.78, 5) is 30.0. The fraction of sp³-hybridized carbons (Fsp3) is 0.368. The van der Waals surface area contributed by atoms with E-state index in [9.17, 15) is 9.59 Å². The summed E-state index contributed by atoms with van der Waals surface area (Å²) in [5, 5.41) is 8.82. The number of aromatic nitrogens is 3. The largest absolute Gasteiger partial charge is 0.462 e. The summed E-state index contributed by atoms with van der Waals surface area (Å²) >= 11 is 0. The number of carbonyl (C=O) groups excluding carboxylic acids is 1. The topological polar surface area (TPSA) is 89.4 Å². The second-order valence-electron chi connectivity index (χ2n) is 6.29. The number of rotatable bonds is 4. The Labute approximate surface area is 150 Å². The summed E-state index contributed by atoms with van der Waals surface area (Å²) in [6.07, 6.45) is 2.39. The second kappa shape index (κ2) is 6.74. The van der Waals surface area contributed by atoms with E-state index in [2.05, 4.69) is 4.98 Å². The zero-order valence-electron chi connectivity index (χ0n) is 15.4. The zero-order chi connectivity index (χ0) is 19.0. The van der Waals surface area contributed by atoms with Crippen LogP contribution >= 0.6 is 0 Å². The molecule has 0 aliphatic rings. The normalized spacial score (nSPS) is 12.5. The molecule has 0 fully saturated rings. The van der Waals surface area contributed by atoms with E-state index in [-0.39, 0.29) is 29.3 Å². The number of nitrogens with one attached hydrogen (secondary N) is 1. The Kier molecular flexibility index (Phi) is 4.63. The van der Waals surface area contributed by atoms with Crippen LogP contribution in [0.2, 0.25) is 0 Å². The van der Waals surface area contributed by atoms with Gasteiger partial charge in [-0.1, -0.05) is 13.0 Å². The maximum Gasteiger partial charge on any atom is 0.341 e. The minimum absolute atomic E-state index is 0.00938. The SMILES string of the molecule is CCOC(=O)c1cc2c(=O)n3cccc(C)c3nc2n(C(C)CC)c1=N. The quantitative estimate of drug-likeness (QED) is 0.576. The first-order valence-electron chi connectivity index (χ1n) is 8.69. The minimum Gasteiger partial charge on any atom is -0.462 e. The van der Waals surface area contributed by atoms with E-state index in [1.165, 1.54) is 10.5 Å². The van der Waals surface area contributed by atoms with Gasteiger partial charge in [0.2, 0.25) is 0 Å². The standard InChI is InChI=1S/C19H22N4O3/c1-5-12(4)23-15(20)13(19(25)26-6-2)10-14-17(23)21-16-11(3)8-7-9-22(16)18(14)24/h7-10,12,20H,5-6H2,1-4H3. The van der Waals surface area contributed by atoms with E-state index in [1.807, 2.05) is 26.8 Å². The fourth-order valence-corrected chi connectivity index (χ4v) is 3.03. The summed E-state index contributed by atoms with van der Waals surface area (Å²) < 4.78 is 8.19. The molecule has 1 unspecified atom stereocenters. The van der Waals surface area contributed by atoms with Crippen molar-refractivity contribution >= 4 is 22.6 Å². The summed E-state index contributed by atoms with van der Waals surface area (Å²) in [7, 11) is 0. The van der Waals surface area contributed by atoms with E-state index in [0.29, 0.717) is 16.7 Å². The first-order valence-corrected chi connectivity index (χ1v) is 8.69. The molecule has 7 nitrogen and oxygen atoms in total. The molecule has 3 aromatic rings. The molecule has 0 radical (unpaired) electrons. The molecule has 3 aromatic heterocycles. The summed E-state index contributed by atoms with van der Waals surface area (Å²) in [6.45, 7) is 7.72. The molecule has 0 aromatic carbocycles. The lowest BCUT2D eigenvalue weighted by molar-refractivity contribution is 0.0523. The van der Waals surface area contributed by atoms with E-state index in [4.69, 9.17) is 10.1 Å². The molecule has 3 rings (SSSR count). The van der Waals surface area contributed by atoms with Crippen molar-refractivity contribution in [2.45, 2.75) is 40.2 Å². The number of aryl methyl sites for hydroxylation is 1. The maximum absolute atomic E-state index is 13.0. The number of nitrogens with zero attached hydrogens (tertiary/aromatic N) is 3. The first-order chi connectivity index (χ1) is 12.4. The second-order valence-corrected chi connectivity index (χ2v) is 6.29. The lowest BCUT2D eigenvalue weighted by Crippen LogP contribution is -2.32. The predicted molar refractivity (Wildman–Crippen MR) is 98.5 cm³/mol. The molecule has 7 heteroatoms. The van der Waals surface area contributed by atoms with Crippen LogP contribution in [-0.4, -0.2) is 26.5 Å². The zero-order valence-corrected chi connectivity index (χ0v) is 15.4. The minimum atomic E-state index is -0.606. The van der Waals surface area contributed by atoms with Crippen molar-refractivity contribution in [2.24, 2.45) is 0 Å². The summed E-state index contributed by atoms with van der Waals surface area (Å²) in [5.74, 6) is -0.606. The van der Waals surface area contributed by atoms with Crippen molar-refractivity contribution in [1.29, 1.82) is 5.41 Å². The first kappa shape index (κ1) is 17.8. The van der Waals surface area contributed by atoms with E-state index < -0.39 is 5.97 Å². The highest BCUT2D eigenvalue weighted by atomic mass is 16.5. The Balaban J connectivity index is 2.53. The van der Waals surface area contributed by atoms with Crippen LogP contribution < -0.4 is 11.0 Å². The molecule has 0 aliphatic heterocycles. The van der Waals surface area contributed by atoms with Crippen LogP contribution in [-0.2, 0) is 4.74 Å². The predicted octanol–water partition coefficient (Wildman–Crippen LogP) is 2.58. The number of esters is 1. The summed E-state index contributed by atoms with van der Waals surface area (Å²) in [5.41, 5.74) is 1.64. The number of hydrogen-bond acceptors (Lipinski definition) is 5. The number of pyridine rings is 2. The third-order valence-corrected chi connectivity index (χ3v) is 4.60. The number of hydrogen-bond donors (Lipinski definition) is 1. The maximum atomic E-state index is 13.0. The molecule has 0 saturated carbocycles. The molecule has 0 amide bonds. The van der Waals surface area contributed by atoms with Gasteiger partial charge in [0.25, 0.3) is 5.56 Å². The van der Waals surface area contributed by atoms with E-state index >= 15 is 0 Å². The van der Waals surface area contributed by atoms with Gasteiger partial charge in [0.1, 0.15) is 22.3 Å². The molecule has 3 heterocycles. The van der Waals surface area contributed by atoms with Gasteiger partial charge in [-0.3, -0.25) is 14.6 Å². The Morgan fingerprint density at radius 3 is 2.73 bits per heavy atom. The van der Waals surface area contributed by atoms with Crippen LogP contribution in [0.4, 0.5) is 0 Å². The smallest absolute Gasteiger partial charge is 0.341 e. The molecule has 1 atom stereocenters. The highest BCUT2D eigenvalue weighted by Gasteiger charge is 2.20. The Hall–Kier alpha value is -2.96. The average Bonchev–Trinajstić information content (AvgIpc) is 2.62. The van der Waals surface area contributed by atoms with Crippen LogP contribution in [0, 0.1) is 12.3 Å². The van der Waals surface area contributed by atoms with E-state index in [0.717, 1.165) is 12.0 Å². The van der Waals surface area contributed by atoms with Crippen molar-refractivity contribution in [3.63, 3.8) is 0 Å². The Morgan fingerprint density at radius 1 is 1.35 bits per heavy atom.